The number of anilines is 1. The van der Waals surface area contributed by atoms with E-state index in [2.05, 4.69) is 16.4 Å². The van der Waals surface area contributed by atoms with Crippen LogP contribution in [0, 0.1) is 11.3 Å². The Bertz CT molecular complexity index is 865. The van der Waals surface area contributed by atoms with Crippen molar-refractivity contribution in [2.75, 3.05) is 32.6 Å². The first-order valence-corrected chi connectivity index (χ1v) is 8.43. The Morgan fingerprint density at radius 3 is 2.89 bits per heavy atom. The summed E-state index contributed by atoms with van der Waals surface area (Å²) < 4.78 is 16.3. The summed E-state index contributed by atoms with van der Waals surface area (Å²) in [5.74, 6) is 1.55. The molecule has 1 N–H and O–H groups in total. The molecule has 0 bridgehead atoms. The number of pyridine rings is 1. The molecule has 140 valence electrons. The molecule has 2 amide bonds. The van der Waals surface area contributed by atoms with Crippen molar-refractivity contribution in [3.05, 3.63) is 42.1 Å². The molecule has 1 atom stereocenters. The van der Waals surface area contributed by atoms with Crippen LogP contribution in [0.15, 0.2) is 36.5 Å². The van der Waals surface area contributed by atoms with Gasteiger partial charge in [0.25, 0.3) is 0 Å². The fourth-order valence-corrected chi connectivity index (χ4v) is 2.82. The van der Waals surface area contributed by atoms with Gasteiger partial charge in [0.2, 0.25) is 5.88 Å². The van der Waals surface area contributed by atoms with Crippen LogP contribution >= 0.6 is 0 Å². The second-order valence-electron chi connectivity index (χ2n) is 5.97. The normalized spacial score (nSPS) is 15.7. The third-order valence-corrected chi connectivity index (χ3v) is 4.23. The number of benzene rings is 1. The van der Waals surface area contributed by atoms with Crippen molar-refractivity contribution >= 4 is 11.7 Å². The number of nitrogens with zero attached hydrogens (tertiary/aromatic N) is 3. The van der Waals surface area contributed by atoms with Gasteiger partial charge in [-0.3, -0.25) is 0 Å². The number of hydrogen-bond acceptors (Lipinski definition) is 6. The summed E-state index contributed by atoms with van der Waals surface area (Å²) in [7, 11) is 3.10. The van der Waals surface area contributed by atoms with Crippen molar-refractivity contribution in [2.45, 2.75) is 12.5 Å². The summed E-state index contributed by atoms with van der Waals surface area (Å²) >= 11 is 0. The highest BCUT2D eigenvalue weighted by atomic mass is 16.5. The third-order valence-electron chi connectivity index (χ3n) is 4.23. The molecule has 1 unspecified atom stereocenters. The molecule has 0 radical (unpaired) electrons. The summed E-state index contributed by atoms with van der Waals surface area (Å²) in [6, 6.07) is 10.2. The summed E-state index contributed by atoms with van der Waals surface area (Å²) in [5, 5.41) is 11.8. The number of methoxy groups -OCH3 is 2. The van der Waals surface area contributed by atoms with Gasteiger partial charge in [0, 0.05) is 31.3 Å². The average Bonchev–Trinajstić information content (AvgIpc) is 3.17. The molecule has 0 aliphatic carbocycles. The van der Waals surface area contributed by atoms with Crippen LogP contribution in [0.4, 0.5) is 10.5 Å². The van der Waals surface area contributed by atoms with Crippen molar-refractivity contribution in [1.82, 2.24) is 9.88 Å². The number of rotatable bonds is 5. The molecule has 8 nitrogen and oxygen atoms in total. The molecule has 1 aromatic heterocycles. The molecule has 2 heterocycles. The minimum atomic E-state index is -0.233. The maximum absolute atomic E-state index is 12.5. The lowest BCUT2D eigenvalue weighted by atomic mass is 10.2. The van der Waals surface area contributed by atoms with Gasteiger partial charge >= 0.3 is 6.03 Å². The molecule has 1 aromatic carbocycles. The minimum Gasteiger partial charge on any atom is -0.497 e. The van der Waals surface area contributed by atoms with Gasteiger partial charge in [-0.1, -0.05) is 0 Å². The van der Waals surface area contributed by atoms with Gasteiger partial charge in [0.05, 0.1) is 38.1 Å². The number of likely N-dealkylation sites (tertiary alicyclic amines) is 1. The van der Waals surface area contributed by atoms with E-state index < -0.39 is 0 Å². The molecule has 3 rings (SSSR count). The number of ether oxygens (including phenoxy) is 3. The average molecular weight is 368 g/mol. The van der Waals surface area contributed by atoms with Gasteiger partial charge in [0.15, 0.2) is 0 Å². The molecule has 1 fully saturated rings. The van der Waals surface area contributed by atoms with E-state index in [4.69, 9.17) is 19.5 Å². The highest BCUT2D eigenvalue weighted by molar-refractivity contribution is 5.91. The number of carbonyl (C=O) groups excluding carboxylic acids is 1. The maximum Gasteiger partial charge on any atom is 0.322 e. The van der Waals surface area contributed by atoms with Crippen LogP contribution in [0.5, 0.6) is 17.4 Å². The maximum atomic E-state index is 12.5. The first kappa shape index (κ1) is 18.3. The van der Waals surface area contributed by atoms with Crippen molar-refractivity contribution in [1.29, 1.82) is 5.26 Å². The Morgan fingerprint density at radius 1 is 1.30 bits per heavy atom. The Labute approximate surface area is 157 Å². The standard InChI is InChI=1S/C19H20N4O4/c1-25-14-3-4-16(17(10-14)26-2)22-19(24)23-8-6-15(12-23)27-18-9-13(11-20)5-7-21-18/h3-5,7,9-10,15H,6,8,12H2,1-2H3,(H,22,24). The predicted molar refractivity (Wildman–Crippen MR) is 98.1 cm³/mol. The largest absolute Gasteiger partial charge is 0.497 e. The molecule has 1 saturated heterocycles. The molecular weight excluding hydrogens is 348 g/mol. The molecule has 1 aliphatic heterocycles. The molecule has 2 aromatic rings. The van der Waals surface area contributed by atoms with Crippen LogP contribution in [0.1, 0.15) is 12.0 Å². The van der Waals surface area contributed by atoms with Crippen LogP contribution in [-0.4, -0.2) is 49.3 Å². The van der Waals surface area contributed by atoms with E-state index in [1.807, 2.05) is 0 Å². The lowest BCUT2D eigenvalue weighted by molar-refractivity contribution is 0.190. The van der Waals surface area contributed by atoms with E-state index in [1.54, 1.807) is 42.3 Å². The van der Waals surface area contributed by atoms with Crippen LogP contribution in [0.25, 0.3) is 0 Å². The summed E-state index contributed by atoms with van der Waals surface area (Å²) in [6.07, 6.45) is 2.05. The second kappa shape index (κ2) is 8.27. The minimum absolute atomic E-state index is 0.171. The fraction of sp³-hybridized carbons (Fsp3) is 0.316. The Kier molecular flexibility index (Phi) is 5.61. The molecule has 1 aliphatic rings. The monoisotopic (exact) mass is 368 g/mol. The number of nitriles is 1. The number of aromatic nitrogens is 1. The zero-order chi connectivity index (χ0) is 19.2. The van der Waals surface area contributed by atoms with Gasteiger partial charge < -0.3 is 24.4 Å². The first-order valence-electron chi connectivity index (χ1n) is 8.43. The van der Waals surface area contributed by atoms with Crippen molar-refractivity contribution in [2.24, 2.45) is 0 Å². The van der Waals surface area contributed by atoms with E-state index in [1.165, 1.54) is 13.3 Å². The van der Waals surface area contributed by atoms with E-state index in [-0.39, 0.29) is 12.1 Å². The lowest BCUT2D eigenvalue weighted by Gasteiger charge is -2.19. The SMILES string of the molecule is COc1ccc(NC(=O)N2CCC(Oc3cc(C#N)ccn3)C2)c(OC)c1. The summed E-state index contributed by atoms with van der Waals surface area (Å²) in [4.78, 5) is 18.3. The topological polar surface area (TPSA) is 96.7 Å². The molecule has 0 spiro atoms. The van der Waals surface area contributed by atoms with Crippen molar-refractivity contribution in [3.8, 4) is 23.4 Å². The van der Waals surface area contributed by atoms with Gasteiger partial charge in [-0.2, -0.15) is 5.26 Å². The zero-order valence-corrected chi connectivity index (χ0v) is 15.1. The van der Waals surface area contributed by atoms with Crippen LogP contribution in [-0.2, 0) is 0 Å². The number of nitrogens with one attached hydrogen (secondary N) is 1. The lowest BCUT2D eigenvalue weighted by Crippen LogP contribution is -2.34. The first-order chi connectivity index (χ1) is 13.1. The Hall–Kier alpha value is -3.47. The smallest absolute Gasteiger partial charge is 0.322 e. The Morgan fingerprint density at radius 2 is 2.15 bits per heavy atom. The summed E-state index contributed by atoms with van der Waals surface area (Å²) in [5.41, 5.74) is 1.05. The van der Waals surface area contributed by atoms with Gasteiger partial charge in [-0.15, -0.1) is 0 Å². The van der Waals surface area contributed by atoms with E-state index in [0.717, 1.165) is 0 Å². The molecule has 27 heavy (non-hydrogen) atoms. The van der Waals surface area contributed by atoms with Gasteiger partial charge in [-0.05, 0) is 18.2 Å². The number of urea groups is 1. The van der Waals surface area contributed by atoms with Crippen LogP contribution in [0.2, 0.25) is 0 Å². The fourth-order valence-electron chi connectivity index (χ4n) is 2.82. The van der Waals surface area contributed by atoms with Gasteiger partial charge in [0.1, 0.15) is 17.6 Å². The Balaban J connectivity index is 1.60. The van der Waals surface area contributed by atoms with Gasteiger partial charge in [-0.25, -0.2) is 9.78 Å². The van der Waals surface area contributed by atoms with Crippen molar-refractivity contribution < 1.29 is 19.0 Å². The zero-order valence-electron chi connectivity index (χ0n) is 15.1. The van der Waals surface area contributed by atoms with Crippen LogP contribution in [0.3, 0.4) is 0 Å². The van der Waals surface area contributed by atoms with Crippen molar-refractivity contribution in [3.63, 3.8) is 0 Å². The number of hydrogen-bond donors (Lipinski definition) is 1. The predicted octanol–water partition coefficient (Wildman–Crippen LogP) is 2.66. The third kappa shape index (κ3) is 4.39. The number of carbonyl (C=O) groups is 1. The highest BCUT2D eigenvalue weighted by Crippen LogP contribution is 2.29. The molecule has 0 saturated carbocycles. The van der Waals surface area contributed by atoms with E-state index in [0.29, 0.717) is 48.1 Å². The second-order valence-corrected chi connectivity index (χ2v) is 5.97. The molecular formula is C19H20N4O4. The van der Waals surface area contributed by atoms with E-state index in [9.17, 15) is 4.79 Å². The van der Waals surface area contributed by atoms with E-state index >= 15 is 0 Å². The molecule has 8 heteroatoms. The summed E-state index contributed by atoms with van der Waals surface area (Å²) in [6.45, 7) is 0.996. The highest BCUT2D eigenvalue weighted by Gasteiger charge is 2.28. The quantitative estimate of drug-likeness (QED) is 0.871. The number of amides is 2. The van der Waals surface area contributed by atoms with Crippen LogP contribution < -0.4 is 19.5 Å².